The van der Waals surface area contributed by atoms with Crippen LogP contribution in [0.4, 0.5) is 13.2 Å². The number of rotatable bonds is 5. The molecule has 6 nitrogen and oxygen atoms in total. The zero-order valence-corrected chi connectivity index (χ0v) is 16.0. The SMILES string of the molecule is O=C(NCCc1ccccn1)c1nc2c(C(F)(F)F)cc(-c3ccoc3)cn2c1Cl. The van der Waals surface area contributed by atoms with E-state index in [9.17, 15) is 18.0 Å². The van der Waals surface area contributed by atoms with Crippen LogP contribution in [0.1, 0.15) is 21.7 Å². The number of fused-ring (bicyclic) bond motifs is 1. The minimum Gasteiger partial charge on any atom is -0.472 e. The molecule has 0 spiro atoms. The molecule has 0 radical (unpaired) electrons. The molecule has 1 amide bonds. The number of furan rings is 1. The van der Waals surface area contributed by atoms with Gasteiger partial charge >= 0.3 is 6.18 Å². The molecule has 0 saturated heterocycles. The van der Waals surface area contributed by atoms with Gasteiger partial charge in [0.15, 0.2) is 11.3 Å². The largest absolute Gasteiger partial charge is 0.472 e. The lowest BCUT2D eigenvalue weighted by Gasteiger charge is -2.10. The van der Waals surface area contributed by atoms with E-state index in [-0.39, 0.29) is 23.0 Å². The Hall–Kier alpha value is -3.33. The first-order chi connectivity index (χ1) is 14.3. The Morgan fingerprint density at radius 1 is 1.23 bits per heavy atom. The highest BCUT2D eigenvalue weighted by molar-refractivity contribution is 6.33. The smallest absolute Gasteiger partial charge is 0.420 e. The standard InChI is InChI=1S/C20H14ClF3N4O2/c21-17-16(19(29)26-7-4-14-3-1-2-6-25-14)27-18-15(20(22,23)24)9-13(10-28(17)18)12-5-8-30-11-12/h1-3,5-6,8-11H,4,7H2,(H,26,29). The Bertz CT molecular complexity index is 1190. The van der Waals surface area contributed by atoms with Crippen LogP contribution < -0.4 is 5.32 Å². The number of carbonyl (C=O) groups is 1. The second kappa shape index (κ2) is 7.83. The molecule has 0 saturated carbocycles. The van der Waals surface area contributed by atoms with Crippen molar-refractivity contribution < 1.29 is 22.4 Å². The topological polar surface area (TPSA) is 72.4 Å². The molecule has 0 aliphatic carbocycles. The van der Waals surface area contributed by atoms with E-state index >= 15 is 0 Å². The third-order valence-corrected chi connectivity index (χ3v) is 4.79. The van der Waals surface area contributed by atoms with Crippen LogP contribution in [0.3, 0.4) is 0 Å². The van der Waals surface area contributed by atoms with Gasteiger partial charge < -0.3 is 9.73 Å². The van der Waals surface area contributed by atoms with E-state index < -0.39 is 23.3 Å². The average Bonchev–Trinajstić information content (AvgIpc) is 3.36. The molecule has 4 aromatic rings. The molecule has 0 atom stereocenters. The fourth-order valence-corrected chi connectivity index (χ4v) is 3.25. The first-order valence-electron chi connectivity index (χ1n) is 8.84. The van der Waals surface area contributed by atoms with Gasteiger partial charge in [0, 0.05) is 42.2 Å². The summed E-state index contributed by atoms with van der Waals surface area (Å²) in [5, 5.41) is 2.40. The number of hydrogen-bond donors (Lipinski definition) is 1. The van der Waals surface area contributed by atoms with Gasteiger partial charge in [-0.3, -0.25) is 14.2 Å². The molecule has 154 valence electrons. The van der Waals surface area contributed by atoms with Crippen molar-refractivity contribution in [3.8, 4) is 11.1 Å². The number of halogens is 4. The maximum absolute atomic E-state index is 13.6. The van der Waals surface area contributed by atoms with E-state index in [0.29, 0.717) is 12.0 Å². The molecule has 0 unspecified atom stereocenters. The summed E-state index contributed by atoms with van der Waals surface area (Å²) in [5.41, 5.74) is -0.306. The molecular formula is C20H14ClF3N4O2. The van der Waals surface area contributed by atoms with Gasteiger partial charge in [-0.1, -0.05) is 17.7 Å². The number of amides is 1. The second-order valence-corrected chi connectivity index (χ2v) is 6.78. The fraction of sp³-hybridized carbons (Fsp3) is 0.150. The van der Waals surface area contributed by atoms with Crippen LogP contribution in [-0.4, -0.2) is 26.8 Å². The summed E-state index contributed by atoms with van der Waals surface area (Å²) in [6, 6.07) is 7.87. The van der Waals surface area contributed by atoms with E-state index in [4.69, 9.17) is 16.0 Å². The average molecular weight is 435 g/mol. The Labute approximate surface area is 173 Å². The summed E-state index contributed by atoms with van der Waals surface area (Å²) in [6.45, 7) is 0.229. The Morgan fingerprint density at radius 3 is 2.73 bits per heavy atom. The van der Waals surface area contributed by atoms with E-state index in [1.165, 1.54) is 24.8 Å². The van der Waals surface area contributed by atoms with Crippen molar-refractivity contribution in [2.24, 2.45) is 0 Å². The van der Waals surface area contributed by atoms with Crippen molar-refractivity contribution in [1.29, 1.82) is 0 Å². The lowest BCUT2D eigenvalue weighted by atomic mass is 10.1. The first kappa shape index (κ1) is 20.0. The van der Waals surface area contributed by atoms with Crippen LogP contribution >= 0.6 is 11.6 Å². The number of pyridine rings is 2. The maximum Gasteiger partial charge on any atom is 0.420 e. The molecule has 4 aromatic heterocycles. The predicted molar refractivity (Wildman–Crippen MR) is 103 cm³/mol. The molecule has 4 heterocycles. The van der Waals surface area contributed by atoms with Crippen molar-refractivity contribution in [2.75, 3.05) is 6.54 Å². The molecule has 4 rings (SSSR count). The van der Waals surface area contributed by atoms with E-state index in [1.54, 1.807) is 18.3 Å². The Kier molecular flexibility index (Phi) is 5.21. The first-order valence-corrected chi connectivity index (χ1v) is 9.22. The second-order valence-electron chi connectivity index (χ2n) is 6.42. The highest BCUT2D eigenvalue weighted by Crippen LogP contribution is 2.37. The molecule has 30 heavy (non-hydrogen) atoms. The zero-order valence-electron chi connectivity index (χ0n) is 15.3. The van der Waals surface area contributed by atoms with Crippen molar-refractivity contribution in [1.82, 2.24) is 19.7 Å². The highest BCUT2D eigenvalue weighted by atomic mass is 35.5. The van der Waals surface area contributed by atoms with Crippen molar-refractivity contribution in [3.05, 3.63) is 77.4 Å². The fourth-order valence-electron chi connectivity index (χ4n) is 2.99. The van der Waals surface area contributed by atoms with Gasteiger partial charge in [-0.25, -0.2) is 4.98 Å². The normalized spacial score (nSPS) is 11.7. The Morgan fingerprint density at radius 2 is 2.07 bits per heavy atom. The molecule has 0 aliphatic heterocycles. The minimum atomic E-state index is -4.69. The lowest BCUT2D eigenvalue weighted by Crippen LogP contribution is -2.26. The third-order valence-electron chi connectivity index (χ3n) is 4.43. The third kappa shape index (κ3) is 3.88. The van der Waals surface area contributed by atoms with E-state index in [1.807, 2.05) is 6.07 Å². The summed E-state index contributed by atoms with van der Waals surface area (Å²) in [5.74, 6) is -0.669. The van der Waals surface area contributed by atoms with Gasteiger partial charge in [-0.05, 0) is 24.3 Å². The zero-order chi connectivity index (χ0) is 21.3. The van der Waals surface area contributed by atoms with Crippen LogP contribution in [0.25, 0.3) is 16.8 Å². The van der Waals surface area contributed by atoms with Gasteiger partial charge in [0.1, 0.15) is 5.15 Å². The number of aromatic nitrogens is 3. The summed E-state index contributed by atoms with van der Waals surface area (Å²) in [7, 11) is 0. The van der Waals surface area contributed by atoms with E-state index in [0.717, 1.165) is 16.2 Å². The van der Waals surface area contributed by atoms with Gasteiger partial charge in [-0.15, -0.1) is 0 Å². The van der Waals surface area contributed by atoms with Crippen LogP contribution in [0.5, 0.6) is 0 Å². The van der Waals surface area contributed by atoms with Crippen LogP contribution in [0.15, 0.2) is 59.7 Å². The van der Waals surface area contributed by atoms with Gasteiger partial charge in [0.25, 0.3) is 5.91 Å². The van der Waals surface area contributed by atoms with Crippen molar-refractivity contribution in [2.45, 2.75) is 12.6 Å². The molecule has 0 bridgehead atoms. The molecule has 10 heteroatoms. The highest BCUT2D eigenvalue weighted by Gasteiger charge is 2.36. The number of alkyl halides is 3. The molecular weight excluding hydrogens is 421 g/mol. The van der Waals surface area contributed by atoms with Gasteiger partial charge in [0.2, 0.25) is 0 Å². The van der Waals surface area contributed by atoms with Gasteiger partial charge in [0.05, 0.1) is 18.1 Å². The number of imidazole rings is 1. The van der Waals surface area contributed by atoms with Crippen LogP contribution in [-0.2, 0) is 12.6 Å². The summed E-state index contributed by atoms with van der Waals surface area (Å²) < 4.78 is 46.9. The summed E-state index contributed by atoms with van der Waals surface area (Å²) in [4.78, 5) is 20.5. The van der Waals surface area contributed by atoms with Crippen LogP contribution in [0.2, 0.25) is 5.15 Å². The molecule has 0 aliphatic rings. The van der Waals surface area contributed by atoms with Crippen molar-refractivity contribution >= 4 is 23.2 Å². The van der Waals surface area contributed by atoms with Crippen molar-refractivity contribution in [3.63, 3.8) is 0 Å². The number of hydrogen-bond acceptors (Lipinski definition) is 4. The summed E-state index contributed by atoms with van der Waals surface area (Å²) in [6.07, 6.45) is 1.44. The quantitative estimate of drug-likeness (QED) is 0.497. The molecule has 0 aromatic carbocycles. The summed E-state index contributed by atoms with van der Waals surface area (Å²) >= 11 is 6.24. The monoisotopic (exact) mass is 434 g/mol. The van der Waals surface area contributed by atoms with Gasteiger partial charge in [-0.2, -0.15) is 13.2 Å². The molecule has 1 N–H and O–H groups in total. The number of nitrogens with one attached hydrogen (secondary N) is 1. The predicted octanol–water partition coefficient (Wildman–Crippen LogP) is 4.63. The Balaban J connectivity index is 1.67. The number of carbonyl (C=O) groups excluding carboxylic acids is 1. The number of nitrogens with zero attached hydrogens (tertiary/aromatic N) is 3. The van der Waals surface area contributed by atoms with E-state index in [2.05, 4.69) is 15.3 Å². The maximum atomic E-state index is 13.6. The molecule has 0 fully saturated rings. The minimum absolute atomic E-state index is 0.212. The van der Waals surface area contributed by atoms with Crippen LogP contribution in [0, 0.1) is 0 Å². The lowest BCUT2D eigenvalue weighted by molar-refractivity contribution is -0.136.